The summed E-state index contributed by atoms with van der Waals surface area (Å²) >= 11 is 9.91. The van der Waals surface area contributed by atoms with Crippen molar-refractivity contribution in [1.82, 2.24) is 106 Å². The molecule has 41 N–H and O–H groups in total. The molecule has 17 amide bonds. The second-order valence-electron chi connectivity index (χ2n) is 32.3. The molecular formula is C78H141N31O22S3. The van der Waals surface area contributed by atoms with E-state index in [0.29, 0.717) is 18.7 Å². The molecule has 758 valence electrons. The zero-order valence-electron chi connectivity index (χ0n) is 76.4. The zero-order chi connectivity index (χ0) is 102. The van der Waals surface area contributed by atoms with E-state index >= 15 is 0 Å². The quantitative estimate of drug-likeness (QED) is 0.0116. The van der Waals surface area contributed by atoms with E-state index in [1.165, 1.54) is 11.8 Å². The number of rotatable bonds is 68. The van der Waals surface area contributed by atoms with E-state index in [1.54, 1.807) is 34.0 Å². The number of nitrogens with two attached hydrogens (primary N) is 7. The first kappa shape index (κ1) is 120. The summed E-state index contributed by atoms with van der Waals surface area (Å²) in [5.41, 5.74) is 38.8. The highest BCUT2D eigenvalue weighted by atomic mass is 32.2. The summed E-state index contributed by atoms with van der Waals surface area (Å²) in [6.45, 7) is 9.33. The second kappa shape index (κ2) is 64.7. The van der Waals surface area contributed by atoms with Crippen LogP contribution in [0.5, 0.6) is 0 Å². The van der Waals surface area contributed by atoms with E-state index in [4.69, 9.17) is 61.8 Å². The molecule has 1 aliphatic rings. The minimum atomic E-state index is -1.96. The minimum absolute atomic E-state index is 0.00180. The number of hydrogen-bond acceptors (Lipinski definition) is 29. The molecule has 1 heterocycles. The summed E-state index contributed by atoms with van der Waals surface area (Å²) in [6, 6.07) is -24.9. The molecule has 1 rings (SSSR count). The summed E-state index contributed by atoms with van der Waals surface area (Å²) in [5.74, 6) is -24.1. The fourth-order valence-electron chi connectivity index (χ4n) is 13.1. The number of unbranched alkanes of at least 4 members (excludes halogenated alkanes) is 1. The molecule has 56 heteroatoms. The van der Waals surface area contributed by atoms with Gasteiger partial charge in [-0.05, 0) is 154 Å². The predicted octanol–water partition coefficient (Wildman–Crippen LogP) is -11.0. The molecule has 0 saturated carbocycles. The van der Waals surface area contributed by atoms with Gasteiger partial charge < -0.3 is 162 Å². The molecule has 53 nitrogen and oxygen atoms in total. The number of guanidine groups is 4. The summed E-state index contributed by atoms with van der Waals surface area (Å²) in [7, 11) is 0. The molecule has 1 saturated heterocycles. The van der Waals surface area contributed by atoms with Gasteiger partial charge in [-0.25, -0.2) is 4.79 Å². The number of aliphatic hydroxyl groups is 1. The Hall–Kier alpha value is -12.1. The van der Waals surface area contributed by atoms with E-state index < -0.39 is 282 Å². The number of aliphatic carboxylic acids is 2. The van der Waals surface area contributed by atoms with Crippen LogP contribution < -0.4 is 146 Å². The number of aliphatic hydroxyl groups excluding tert-OH is 1. The van der Waals surface area contributed by atoms with Gasteiger partial charge in [0.1, 0.15) is 90.6 Å². The van der Waals surface area contributed by atoms with Crippen molar-refractivity contribution < 1.29 is 106 Å². The first-order chi connectivity index (χ1) is 63.0. The number of hydrogen-bond donors (Lipinski definition) is 36. The van der Waals surface area contributed by atoms with Crippen LogP contribution in [-0.2, 0) is 91.1 Å². The Morgan fingerprint density at radius 1 is 0.403 bits per heavy atom. The first-order valence-corrected chi connectivity index (χ1v) is 46.4. The average molecular weight is 1960 g/mol. The largest absolute Gasteiger partial charge is 0.481 e. The fourth-order valence-corrected chi connectivity index (χ4v) is 14.0. The second-order valence-corrected chi connectivity index (χ2v) is 34.0. The number of carboxylic acid groups (broad SMARTS) is 2. The van der Waals surface area contributed by atoms with Crippen molar-refractivity contribution in [3.8, 4) is 0 Å². The molecule has 0 radical (unpaired) electrons. The maximum atomic E-state index is 14.9. The van der Waals surface area contributed by atoms with Crippen molar-refractivity contribution in [2.24, 2.45) is 52.0 Å². The summed E-state index contributed by atoms with van der Waals surface area (Å²) in [6.07, 6.45) is -2.46. The molecule has 0 spiro atoms. The van der Waals surface area contributed by atoms with Gasteiger partial charge in [-0.3, -0.25) is 108 Å². The number of amides is 17. The van der Waals surface area contributed by atoms with Crippen LogP contribution in [0.3, 0.4) is 0 Å². The van der Waals surface area contributed by atoms with Crippen molar-refractivity contribution in [2.75, 3.05) is 62.8 Å². The normalized spacial score (nSPS) is 15.9. The van der Waals surface area contributed by atoms with Crippen molar-refractivity contribution in [1.29, 1.82) is 21.6 Å². The van der Waals surface area contributed by atoms with Crippen molar-refractivity contribution in [3.05, 3.63) is 0 Å². The van der Waals surface area contributed by atoms with Gasteiger partial charge in [0.2, 0.25) is 100 Å². The van der Waals surface area contributed by atoms with Crippen LogP contribution in [0.1, 0.15) is 170 Å². The molecular weight excluding hydrogens is 1820 g/mol. The zero-order valence-corrected chi connectivity index (χ0v) is 79.0. The van der Waals surface area contributed by atoms with Crippen LogP contribution >= 0.6 is 37.0 Å². The number of primary amides is 2. The number of thioether (sulfide) groups is 1. The van der Waals surface area contributed by atoms with Gasteiger partial charge in [-0.2, -0.15) is 37.0 Å². The van der Waals surface area contributed by atoms with Gasteiger partial charge in [0.15, 0.2) is 23.8 Å². The number of carbonyl (C=O) groups is 19. The maximum Gasteiger partial charge on any atom is 0.326 e. The average Bonchev–Trinajstić information content (AvgIpc) is 0.906. The summed E-state index contributed by atoms with van der Waals surface area (Å²) in [4.78, 5) is 261. The summed E-state index contributed by atoms with van der Waals surface area (Å²) < 4.78 is 0. The molecule has 1 fully saturated rings. The molecule has 134 heavy (non-hydrogen) atoms. The van der Waals surface area contributed by atoms with Gasteiger partial charge in [0, 0.05) is 44.1 Å². The van der Waals surface area contributed by atoms with Gasteiger partial charge in [-0.15, -0.1) is 0 Å². The highest BCUT2D eigenvalue weighted by Gasteiger charge is 2.41. The SMILES string of the molecule is CC[C@H](C)[C@H](NC(=O)[C@H](CCCNC(=N)N)NC(=O)[C@H](CC(N)=O)NC(=O)[C@H](CCCCN)NC(=O)[C@H](C)NC(=O)[C@H](CCC(N)=O)NC(=O)[C@@H](NC(=O)[C@H](CS)NC(=O)[C@H](CCSC)NC(=O)[C@@H]1CCCN1)[C@@H](C)O)C(=O)N[C@@H](CCCNC(=N)N)C(=O)N[C@@H](CC(C)C)C(=O)N[C@@H](CS)C(=O)N[C@@H](CCCNC(=N)N)C(=O)N[C@@H](CCCNC(=N)N)C(=O)N[C@@H](CC(=O)O)C(=O)O. The fraction of sp³-hybridized carbons (Fsp3) is 0.705. The number of nitrogens with one attached hydrogen (secondary N) is 24. The maximum absolute atomic E-state index is 14.9. The lowest BCUT2D eigenvalue weighted by molar-refractivity contribution is -0.147. The van der Waals surface area contributed by atoms with Crippen molar-refractivity contribution >= 4 is 173 Å². The summed E-state index contributed by atoms with van der Waals surface area (Å²) in [5, 5.41) is 111. The van der Waals surface area contributed by atoms with Gasteiger partial charge in [0.05, 0.1) is 25.0 Å². The van der Waals surface area contributed by atoms with Crippen LogP contribution in [0.15, 0.2) is 0 Å². The third-order valence-corrected chi connectivity index (χ3v) is 22.0. The topological polar surface area (TPSA) is 903 Å². The lowest BCUT2D eigenvalue weighted by atomic mass is 9.96. The Bertz CT molecular complexity index is 3990. The molecule has 0 aromatic rings. The highest BCUT2D eigenvalue weighted by Crippen LogP contribution is 2.17. The smallest absolute Gasteiger partial charge is 0.326 e. The molecule has 0 unspecified atom stereocenters. The van der Waals surface area contributed by atoms with E-state index in [1.807, 2.05) is 0 Å². The van der Waals surface area contributed by atoms with Crippen LogP contribution in [0.25, 0.3) is 0 Å². The van der Waals surface area contributed by atoms with Gasteiger partial charge in [0.25, 0.3) is 0 Å². The van der Waals surface area contributed by atoms with E-state index in [2.05, 4.69) is 132 Å². The Kier molecular flexibility index (Phi) is 57.9. The van der Waals surface area contributed by atoms with Gasteiger partial charge >= 0.3 is 11.9 Å². The van der Waals surface area contributed by atoms with Crippen molar-refractivity contribution in [3.63, 3.8) is 0 Å². The van der Waals surface area contributed by atoms with Gasteiger partial charge in [-0.1, -0.05) is 34.1 Å². The predicted molar refractivity (Wildman–Crippen MR) is 499 cm³/mol. The third kappa shape index (κ3) is 48.6. The molecule has 0 aromatic heterocycles. The lowest BCUT2D eigenvalue weighted by Crippen LogP contribution is -2.62. The highest BCUT2D eigenvalue weighted by molar-refractivity contribution is 7.98. The number of carboxylic acids is 2. The molecule has 0 aromatic carbocycles. The van der Waals surface area contributed by atoms with Crippen LogP contribution in [-0.4, -0.2) is 317 Å². The van der Waals surface area contributed by atoms with E-state index in [0.717, 1.165) is 20.3 Å². The Morgan fingerprint density at radius 2 is 0.746 bits per heavy atom. The van der Waals surface area contributed by atoms with Crippen LogP contribution in [0.4, 0.5) is 0 Å². The monoisotopic (exact) mass is 1960 g/mol. The Balaban J connectivity index is 3.78. The molecule has 1 aliphatic heterocycles. The standard InChI is InChI=1S/C78H141N31O22S3/c1-8-38(4)57(72(128)101-45(20-14-29-93-77(86)87)64(120)103-49(32-37(2)3)68(124)107-52(35-132)70(126)99-43(18-12-27-91-75(82)83)62(118)97-44(19-13-28-92-76(84)85)65(121)105-51(74(130)131)34-56(113)114)108-67(123)46(21-15-30-94-78(88)89)98-69(125)50(33-55(81)112)104-63(119)42(16-9-10-25-79)96-59(115)39(5)95-61(117)47(22-23-54(80)111)102-73(129)58(40(6)110)109-71(127)53(36-133)106-66(122)48(24-31-134-7)100-60(116)41-17-11-26-90-41/h37-53,57-58,90,110,132-133H,8-36,79H2,1-7H3,(H2,80,111)(H2,81,112)(H,95,117)(H,96,115)(H,97,118)(H,98,125)(H,99,126)(H,100,116)(H,101,128)(H,102,129)(H,103,120)(H,104,119)(H,105,121)(H,106,122)(H,107,124)(H,108,123)(H,109,127)(H,113,114)(H,130,131)(H4,82,83,91)(H4,84,85,92)(H4,86,87,93)(H4,88,89,94)/t38-,39-,40+,41-,42-,43-,44-,45-,46-,47-,48-,49-,50-,51-,52-,53-,57-,58-/m0/s1. The Morgan fingerprint density at radius 3 is 1.12 bits per heavy atom. The number of carbonyl (C=O) groups excluding carboxylic acids is 17. The Labute approximate surface area is 791 Å². The first-order valence-electron chi connectivity index (χ1n) is 43.8. The van der Waals surface area contributed by atoms with Crippen LogP contribution in [0, 0.1) is 33.5 Å². The van der Waals surface area contributed by atoms with Crippen molar-refractivity contribution in [2.45, 2.75) is 273 Å². The third-order valence-electron chi connectivity index (χ3n) is 20.6. The van der Waals surface area contributed by atoms with E-state index in [9.17, 15) is 106 Å². The number of thiol groups is 2. The molecule has 0 bridgehead atoms. The molecule has 0 aliphatic carbocycles. The van der Waals surface area contributed by atoms with Crippen LogP contribution in [0.2, 0.25) is 0 Å². The van der Waals surface area contributed by atoms with E-state index in [-0.39, 0.29) is 128 Å². The lowest BCUT2D eigenvalue weighted by Gasteiger charge is -2.30. The molecule has 18 atom stereocenters. The minimum Gasteiger partial charge on any atom is -0.481 e.